The largest absolute Gasteiger partial charge is 0.306 e. The molecule has 1 saturated heterocycles. The molecule has 5 nitrogen and oxygen atoms in total. The molecule has 0 radical (unpaired) electrons. The van der Waals surface area contributed by atoms with Crippen LogP contribution in [0, 0.1) is 5.92 Å². The Morgan fingerprint density at radius 1 is 1.32 bits per heavy atom. The van der Waals surface area contributed by atoms with Gasteiger partial charge in [0.05, 0.1) is 10.9 Å². The number of piperidine rings is 1. The summed E-state index contributed by atoms with van der Waals surface area (Å²) in [4.78, 5) is 12.1. The third kappa shape index (κ3) is 3.54. The Morgan fingerprint density at radius 3 is 2.63 bits per heavy atom. The van der Waals surface area contributed by atoms with Crippen molar-refractivity contribution in [3.8, 4) is 0 Å². The number of benzene rings is 1. The molecular formula is C13H18N2O3S. The zero-order chi connectivity index (χ0) is 13.9. The van der Waals surface area contributed by atoms with Crippen molar-refractivity contribution >= 4 is 15.9 Å². The van der Waals surface area contributed by atoms with E-state index in [1.807, 2.05) is 0 Å². The molecule has 1 aromatic rings. The zero-order valence-corrected chi connectivity index (χ0v) is 11.6. The first kappa shape index (κ1) is 14.0. The van der Waals surface area contributed by atoms with Gasteiger partial charge in [-0.2, -0.15) is 0 Å². The van der Waals surface area contributed by atoms with Crippen molar-refractivity contribution in [3.63, 3.8) is 0 Å². The van der Waals surface area contributed by atoms with E-state index in [2.05, 4.69) is 17.0 Å². The molecule has 0 aromatic heterocycles. The molecule has 1 amide bonds. The predicted octanol–water partition coefficient (Wildman–Crippen LogP) is 0.880. The maximum Gasteiger partial charge on any atom is 0.264 e. The zero-order valence-electron chi connectivity index (χ0n) is 10.8. The van der Waals surface area contributed by atoms with Gasteiger partial charge in [-0.15, -0.1) is 0 Å². The Morgan fingerprint density at radius 2 is 2.00 bits per heavy atom. The van der Waals surface area contributed by atoms with Crippen molar-refractivity contribution in [1.29, 1.82) is 0 Å². The number of amides is 1. The van der Waals surface area contributed by atoms with E-state index in [-0.39, 0.29) is 4.90 Å². The monoisotopic (exact) mass is 282 g/mol. The second-order valence-electron chi connectivity index (χ2n) is 4.92. The first-order chi connectivity index (χ1) is 8.99. The van der Waals surface area contributed by atoms with Crippen LogP contribution in [0.25, 0.3) is 0 Å². The topological polar surface area (TPSA) is 75.3 Å². The summed E-state index contributed by atoms with van der Waals surface area (Å²) >= 11 is 0. The second-order valence-corrected chi connectivity index (χ2v) is 6.60. The summed E-state index contributed by atoms with van der Waals surface area (Å²) in [5.74, 6) is -0.0492. The molecule has 0 aliphatic carbocycles. The average molecular weight is 282 g/mol. The number of sulfonamides is 1. The van der Waals surface area contributed by atoms with Crippen molar-refractivity contribution < 1.29 is 13.2 Å². The van der Waals surface area contributed by atoms with Crippen LogP contribution in [0.3, 0.4) is 0 Å². The maximum atomic E-state index is 12.0. The number of hydrogen-bond acceptors (Lipinski definition) is 4. The molecule has 0 spiro atoms. The molecule has 104 valence electrons. The van der Waals surface area contributed by atoms with E-state index >= 15 is 0 Å². The summed E-state index contributed by atoms with van der Waals surface area (Å²) in [6.45, 7) is 2.80. The summed E-state index contributed by atoms with van der Waals surface area (Å²) < 4.78 is 26.1. The van der Waals surface area contributed by atoms with Crippen LogP contribution in [0.5, 0.6) is 0 Å². The summed E-state index contributed by atoms with van der Waals surface area (Å²) in [5, 5.41) is 3.05. The van der Waals surface area contributed by atoms with E-state index in [0.29, 0.717) is 12.3 Å². The molecular weight excluding hydrogens is 264 g/mol. The molecule has 1 aliphatic rings. The third-order valence-corrected chi connectivity index (χ3v) is 4.63. The summed E-state index contributed by atoms with van der Waals surface area (Å²) in [7, 11) is -3.77. The molecule has 1 fully saturated rings. The predicted molar refractivity (Wildman–Crippen MR) is 72.0 cm³/mol. The molecule has 2 rings (SSSR count). The second kappa shape index (κ2) is 5.71. The Kier molecular flexibility index (Phi) is 4.21. The molecule has 1 aliphatic heterocycles. The highest BCUT2D eigenvalue weighted by Gasteiger charge is 2.27. The third-order valence-electron chi connectivity index (χ3n) is 3.27. The lowest BCUT2D eigenvalue weighted by molar-refractivity contribution is -0.122. The number of rotatable bonds is 3. The molecule has 19 heavy (non-hydrogen) atoms. The molecule has 1 heterocycles. The maximum absolute atomic E-state index is 12.0. The van der Waals surface area contributed by atoms with Crippen LogP contribution in [-0.4, -0.2) is 26.9 Å². The van der Waals surface area contributed by atoms with Gasteiger partial charge < -0.3 is 5.32 Å². The van der Waals surface area contributed by atoms with E-state index in [1.165, 1.54) is 12.1 Å². The fourth-order valence-electron chi connectivity index (χ4n) is 2.17. The normalized spacial score (nSPS) is 23.8. The molecule has 2 atom stereocenters. The lowest BCUT2D eigenvalue weighted by Crippen LogP contribution is -2.49. The Labute approximate surface area is 113 Å². The minimum Gasteiger partial charge on any atom is -0.306 e. The van der Waals surface area contributed by atoms with Gasteiger partial charge in [-0.05, 0) is 37.4 Å². The molecule has 2 unspecified atom stereocenters. The van der Waals surface area contributed by atoms with Crippen LogP contribution in [0.1, 0.15) is 19.8 Å². The van der Waals surface area contributed by atoms with Gasteiger partial charge >= 0.3 is 0 Å². The van der Waals surface area contributed by atoms with Crippen LogP contribution in [0.2, 0.25) is 0 Å². The molecule has 1 aromatic carbocycles. The van der Waals surface area contributed by atoms with E-state index in [4.69, 9.17) is 0 Å². The van der Waals surface area contributed by atoms with Crippen LogP contribution in [-0.2, 0) is 14.8 Å². The van der Waals surface area contributed by atoms with Gasteiger partial charge in [-0.25, -0.2) is 13.1 Å². The fourth-order valence-corrected chi connectivity index (χ4v) is 3.21. The van der Waals surface area contributed by atoms with Crippen molar-refractivity contribution in [2.24, 2.45) is 5.92 Å². The molecule has 6 heteroatoms. The van der Waals surface area contributed by atoms with E-state index in [1.54, 1.807) is 18.2 Å². The lowest BCUT2D eigenvalue weighted by Gasteiger charge is -2.27. The van der Waals surface area contributed by atoms with E-state index < -0.39 is 22.0 Å². The van der Waals surface area contributed by atoms with Crippen molar-refractivity contribution in [1.82, 2.24) is 10.0 Å². The fraction of sp³-hybridized carbons (Fsp3) is 0.462. The standard InChI is InChI=1S/C13H18N2O3S/c1-10-7-8-14-12(9-10)13(16)15-19(17,18)11-5-3-2-4-6-11/h2-6,10,12,14H,7-9H2,1H3,(H,15,16). The first-order valence-electron chi connectivity index (χ1n) is 6.34. The molecule has 0 saturated carbocycles. The van der Waals surface area contributed by atoms with Crippen molar-refractivity contribution in [2.45, 2.75) is 30.7 Å². The summed E-state index contributed by atoms with van der Waals surface area (Å²) in [6.07, 6.45) is 1.67. The van der Waals surface area contributed by atoms with Gasteiger partial charge in [0.1, 0.15) is 0 Å². The van der Waals surface area contributed by atoms with Crippen LogP contribution >= 0.6 is 0 Å². The SMILES string of the molecule is CC1CCNC(C(=O)NS(=O)(=O)c2ccccc2)C1. The van der Waals surface area contributed by atoms with Crippen LogP contribution in [0.4, 0.5) is 0 Å². The van der Waals surface area contributed by atoms with Crippen LogP contribution < -0.4 is 10.0 Å². The Balaban J connectivity index is 2.06. The number of nitrogens with one attached hydrogen (secondary N) is 2. The van der Waals surface area contributed by atoms with Gasteiger partial charge in [-0.1, -0.05) is 25.1 Å². The van der Waals surface area contributed by atoms with Crippen LogP contribution in [0.15, 0.2) is 35.2 Å². The number of carbonyl (C=O) groups excluding carboxylic acids is 1. The molecule has 2 N–H and O–H groups in total. The molecule has 0 bridgehead atoms. The first-order valence-corrected chi connectivity index (χ1v) is 7.82. The summed E-state index contributed by atoms with van der Waals surface area (Å²) in [6, 6.07) is 7.48. The van der Waals surface area contributed by atoms with Crippen molar-refractivity contribution in [3.05, 3.63) is 30.3 Å². The average Bonchev–Trinajstić information content (AvgIpc) is 2.39. The van der Waals surface area contributed by atoms with Gasteiger partial charge in [-0.3, -0.25) is 4.79 Å². The minimum atomic E-state index is -3.77. The quantitative estimate of drug-likeness (QED) is 0.863. The highest BCUT2D eigenvalue weighted by atomic mass is 32.2. The summed E-state index contributed by atoms with van der Waals surface area (Å²) in [5.41, 5.74) is 0. The number of hydrogen-bond donors (Lipinski definition) is 2. The Bertz CT molecular complexity index is 542. The number of carbonyl (C=O) groups is 1. The van der Waals surface area contributed by atoms with E-state index in [0.717, 1.165) is 13.0 Å². The highest BCUT2D eigenvalue weighted by molar-refractivity contribution is 7.90. The Hall–Kier alpha value is -1.40. The van der Waals surface area contributed by atoms with Gasteiger partial charge in [0.15, 0.2) is 0 Å². The minimum absolute atomic E-state index is 0.104. The van der Waals surface area contributed by atoms with Gasteiger partial charge in [0.25, 0.3) is 15.9 Å². The van der Waals surface area contributed by atoms with Gasteiger partial charge in [0, 0.05) is 0 Å². The van der Waals surface area contributed by atoms with Gasteiger partial charge in [0.2, 0.25) is 0 Å². The highest BCUT2D eigenvalue weighted by Crippen LogP contribution is 2.16. The van der Waals surface area contributed by atoms with E-state index in [9.17, 15) is 13.2 Å². The lowest BCUT2D eigenvalue weighted by atomic mass is 9.94. The van der Waals surface area contributed by atoms with Crippen molar-refractivity contribution in [2.75, 3.05) is 6.54 Å². The smallest absolute Gasteiger partial charge is 0.264 e.